The zero-order chi connectivity index (χ0) is 24.5. The van der Waals surface area contributed by atoms with Crippen molar-refractivity contribution in [2.75, 3.05) is 6.54 Å². The maximum Gasteiger partial charge on any atom is 0.304 e. The molecule has 0 spiro atoms. The second kappa shape index (κ2) is 9.41. The molecular formula is C25H43NO5. The number of carbonyl (C=O) groups excluding carboxylic acids is 3. The third-order valence-corrected chi connectivity index (χ3v) is 6.45. The predicted molar refractivity (Wildman–Crippen MR) is 121 cm³/mol. The number of ketones is 1. The summed E-state index contributed by atoms with van der Waals surface area (Å²) in [7, 11) is 0. The SMILES string of the molecule is CC(CCC(=O)C(CC(=O)O)C(C)(C)C)CN1C(=O)C(C(C)(C)C)C(C(C)(C)C)C1=O. The lowest BCUT2D eigenvalue weighted by Crippen LogP contribution is -2.38. The minimum Gasteiger partial charge on any atom is -0.481 e. The van der Waals surface area contributed by atoms with Crippen LogP contribution in [0.1, 0.15) is 88.5 Å². The third kappa shape index (κ3) is 6.88. The van der Waals surface area contributed by atoms with E-state index in [1.807, 2.05) is 69.2 Å². The van der Waals surface area contributed by atoms with Crippen molar-refractivity contribution in [2.24, 2.45) is 39.9 Å². The molecular weight excluding hydrogens is 394 g/mol. The van der Waals surface area contributed by atoms with Crippen molar-refractivity contribution in [1.82, 2.24) is 4.90 Å². The van der Waals surface area contributed by atoms with Crippen LogP contribution in [0.15, 0.2) is 0 Å². The van der Waals surface area contributed by atoms with Crippen LogP contribution < -0.4 is 0 Å². The molecule has 0 radical (unpaired) electrons. The average Bonchev–Trinajstić information content (AvgIpc) is 2.81. The van der Waals surface area contributed by atoms with Gasteiger partial charge in [0.05, 0.1) is 18.3 Å². The maximum absolute atomic E-state index is 13.2. The highest BCUT2D eigenvalue weighted by atomic mass is 16.4. The number of hydrogen-bond donors (Lipinski definition) is 1. The average molecular weight is 438 g/mol. The number of imide groups is 1. The van der Waals surface area contributed by atoms with E-state index < -0.39 is 17.3 Å². The van der Waals surface area contributed by atoms with Gasteiger partial charge >= 0.3 is 5.97 Å². The van der Waals surface area contributed by atoms with Crippen LogP contribution in [0.4, 0.5) is 0 Å². The van der Waals surface area contributed by atoms with E-state index in [-0.39, 0.29) is 59.0 Å². The Morgan fingerprint density at radius 1 is 0.903 bits per heavy atom. The van der Waals surface area contributed by atoms with E-state index in [2.05, 4.69) is 0 Å². The van der Waals surface area contributed by atoms with E-state index in [1.165, 1.54) is 4.90 Å². The van der Waals surface area contributed by atoms with Crippen molar-refractivity contribution >= 4 is 23.6 Å². The van der Waals surface area contributed by atoms with E-state index in [0.717, 1.165) is 0 Å². The number of carboxylic acid groups (broad SMARTS) is 1. The lowest BCUT2D eigenvalue weighted by molar-refractivity contribution is -0.143. The summed E-state index contributed by atoms with van der Waals surface area (Å²) in [5, 5.41) is 9.17. The van der Waals surface area contributed by atoms with Gasteiger partial charge in [-0.2, -0.15) is 0 Å². The van der Waals surface area contributed by atoms with Gasteiger partial charge in [-0.3, -0.25) is 24.1 Å². The van der Waals surface area contributed by atoms with Crippen LogP contribution in [0.2, 0.25) is 0 Å². The van der Waals surface area contributed by atoms with Gasteiger partial charge < -0.3 is 5.11 Å². The molecule has 0 aromatic rings. The molecule has 0 aliphatic carbocycles. The molecule has 2 amide bonds. The fourth-order valence-corrected chi connectivity index (χ4v) is 4.69. The van der Waals surface area contributed by atoms with Gasteiger partial charge in [0.25, 0.3) is 0 Å². The van der Waals surface area contributed by atoms with Crippen LogP contribution in [0.25, 0.3) is 0 Å². The smallest absolute Gasteiger partial charge is 0.304 e. The second-order valence-electron chi connectivity index (χ2n) is 12.6. The van der Waals surface area contributed by atoms with E-state index >= 15 is 0 Å². The van der Waals surface area contributed by atoms with Crippen molar-refractivity contribution in [3.63, 3.8) is 0 Å². The molecule has 1 aliphatic heterocycles. The highest BCUT2D eigenvalue weighted by Crippen LogP contribution is 2.47. The summed E-state index contributed by atoms with van der Waals surface area (Å²) in [5.41, 5.74) is -1.08. The molecule has 1 saturated heterocycles. The van der Waals surface area contributed by atoms with E-state index in [0.29, 0.717) is 13.0 Å². The summed E-state index contributed by atoms with van der Waals surface area (Å²) in [5.74, 6) is -2.60. The summed E-state index contributed by atoms with van der Waals surface area (Å²) in [6.45, 7) is 19.9. The number of likely N-dealkylation sites (tertiary alicyclic amines) is 1. The predicted octanol–water partition coefficient (Wildman–Crippen LogP) is 4.80. The van der Waals surface area contributed by atoms with Crippen molar-refractivity contribution in [3.05, 3.63) is 0 Å². The fourth-order valence-electron chi connectivity index (χ4n) is 4.69. The molecule has 0 bridgehead atoms. The topological polar surface area (TPSA) is 91.8 Å². The van der Waals surface area contributed by atoms with Crippen LogP contribution in [0, 0.1) is 39.9 Å². The Bertz CT molecular complexity index is 673. The lowest BCUT2D eigenvalue weighted by atomic mass is 9.65. The Morgan fingerprint density at radius 2 is 1.32 bits per heavy atom. The van der Waals surface area contributed by atoms with Crippen LogP contribution in [-0.2, 0) is 19.2 Å². The molecule has 0 aromatic heterocycles. The molecule has 1 rings (SSSR count). The van der Waals surface area contributed by atoms with Gasteiger partial charge in [0.1, 0.15) is 5.78 Å². The number of carboxylic acids is 1. The van der Waals surface area contributed by atoms with Crippen LogP contribution >= 0.6 is 0 Å². The monoisotopic (exact) mass is 437 g/mol. The molecule has 1 heterocycles. The van der Waals surface area contributed by atoms with Gasteiger partial charge in [-0.1, -0.05) is 69.2 Å². The second-order valence-corrected chi connectivity index (χ2v) is 12.6. The van der Waals surface area contributed by atoms with E-state index in [4.69, 9.17) is 5.11 Å². The molecule has 31 heavy (non-hydrogen) atoms. The molecule has 4 unspecified atom stereocenters. The number of hydrogen-bond acceptors (Lipinski definition) is 4. The molecule has 1 aliphatic rings. The Labute approximate surface area is 188 Å². The highest BCUT2D eigenvalue weighted by Gasteiger charge is 2.56. The summed E-state index contributed by atoms with van der Waals surface area (Å²) in [4.78, 5) is 51.8. The van der Waals surface area contributed by atoms with Crippen LogP contribution in [0.5, 0.6) is 0 Å². The highest BCUT2D eigenvalue weighted by molar-refractivity contribution is 6.05. The van der Waals surface area contributed by atoms with Gasteiger partial charge in [0.15, 0.2) is 0 Å². The van der Waals surface area contributed by atoms with E-state index in [9.17, 15) is 19.2 Å². The normalized spacial score (nSPS) is 22.6. The first-order valence-electron chi connectivity index (χ1n) is 11.4. The summed E-state index contributed by atoms with van der Waals surface area (Å²) in [6.07, 6.45) is 0.584. The van der Waals surface area contributed by atoms with Crippen LogP contribution in [-0.4, -0.2) is 40.1 Å². The summed E-state index contributed by atoms with van der Waals surface area (Å²) >= 11 is 0. The molecule has 178 valence electrons. The molecule has 4 atom stereocenters. The van der Waals surface area contributed by atoms with Gasteiger partial charge in [-0.15, -0.1) is 0 Å². The third-order valence-electron chi connectivity index (χ3n) is 6.45. The Balaban J connectivity index is 2.90. The first kappa shape index (κ1) is 27.3. The summed E-state index contributed by atoms with van der Waals surface area (Å²) in [6, 6.07) is 0. The zero-order valence-corrected chi connectivity index (χ0v) is 21.2. The molecule has 6 heteroatoms. The Kier molecular flexibility index (Phi) is 8.30. The van der Waals surface area contributed by atoms with Crippen LogP contribution in [0.3, 0.4) is 0 Å². The van der Waals surface area contributed by atoms with Crippen molar-refractivity contribution < 1.29 is 24.3 Å². The molecule has 6 nitrogen and oxygen atoms in total. The molecule has 1 fully saturated rings. The summed E-state index contributed by atoms with van der Waals surface area (Å²) < 4.78 is 0. The number of nitrogens with zero attached hydrogens (tertiary/aromatic N) is 1. The Hall–Kier alpha value is -1.72. The number of Topliss-reactive ketones (excluding diaryl/α,β-unsaturated/α-hetero) is 1. The number of amides is 2. The van der Waals surface area contributed by atoms with Gasteiger partial charge in [0, 0.05) is 18.9 Å². The molecule has 0 saturated carbocycles. The van der Waals surface area contributed by atoms with Crippen molar-refractivity contribution in [3.8, 4) is 0 Å². The zero-order valence-electron chi connectivity index (χ0n) is 21.2. The van der Waals surface area contributed by atoms with Gasteiger partial charge in [0.2, 0.25) is 11.8 Å². The standard InChI is InChI=1S/C25H43NO5/c1-15(11-12-17(27)16(13-18(28)29)23(2,3)4)14-26-21(30)19(24(5,6)7)20(22(26)31)25(8,9)10/h15-16,19-20H,11-14H2,1-10H3,(H,28,29). The lowest BCUT2D eigenvalue weighted by Gasteiger charge is -2.35. The van der Waals surface area contributed by atoms with E-state index in [1.54, 1.807) is 0 Å². The minimum atomic E-state index is -0.976. The molecule has 0 aromatic carbocycles. The first-order valence-corrected chi connectivity index (χ1v) is 11.4. The number of rotatable bonds is 8. The van der Waals surface area contributed by atoms with Crippen molar-refractivity contribution in [1.29, 1.82) is 0 Å². The number of aliphatic carboxylic acids is 1. The first-order chi connectivity index (χ1) is 13.8. The number of carbonyl (C=O) groups is 4. The molecule has 1 N–H and O–H groups in total. The Morgan fingerprint density at radius 3 is 1.65 bits per heavy atom. The minimum absolute atomic E-state index is 0.0402. The maximum atomic E-state index is 13.2. The van der Waals surface area contributed by atoms with Gasteiger partial charge in [-0.05, 0) is 28.6 Å². The van der Waals surface area contributed by atoms with Gasteiger partial charge in [-0.25, -0.2) is 0 Å². The fraction of sp³-hybridized carbons (Fsp3) is 0.840. The largest absolute Gasteiger partial charge is 0.481 e. The van der Waals surface area contributed by atoms with Crippen molar-refractivity contribution in [2.45, 2.75) is 88.5 Å². The quantitative estimate of drug-likeness (QED) is 0.551.